The molecule has 19 heavy (non-hydrogen) atoms. The molecule has 0 heterocycles. The van der Waals surface area contributed by atoms with Crippen LogP contribution in [0.1, 0.15) is 45.4 Å². The lowest BCUT2D eigenvalue weighted by Crippen LogP contribution is -2.33. The maximum Gasteiger partial charge on any atom is 0.223 e. The molecule has 3 heteroatoms. The van der Waals surface area contributed by atoms with Crippen molar-refractivity contribution in [3.8, 4) is 0 Å². The van der Waals surface area contributed by atoms with E-state index in [4.69, 9.17) is 5.73 Å². The average Bonchev–Trinajstić information content (AvgIpc) is 2.85. The van der Waals surface area contributed by atoms with Gasteiger partial charge in [0.2, 0.25) is 5.91 Å². The van der Waals surface area contributed by atoms with Gasteiger partial charge in [-0.1, -0.05) is 13.3 Å². The number of amides is 1. The lowest BCUT2D eigenvalue weighted by molar-refractivity contribution is -0.123. The van der Waals surface area contributed by atoms with Gasteiger partial charge in [-0.15, -0.1) is 0 Å². The van der Waals surface area contributed by atoms with E-state index in [0.717, 1.165) is 43.2 Å². The van der Waals surface area contributed by atoms with Crippen molar-refractivity contribution in [2.24, 2.45) is 41.2 Å². The molecule has 3 saturated carbocycles. The maximum absolute atomic E-state index is 12.3. The molecule has 0 aromatic heterocycles. The van der Waals surface area contributed by atoms with Crippen LogP contribution in [0.4, 0.5) is 0 Å². The monoisotopic (exact) mass is 264 g/mol. The van der Waals surface area contributed by atoms with Crippen LogP contribution in [0.25, 0.3) is 0 Å². The van der Waals surface area contributed by atoms with Crippen LogP contribution in [0.5, 0.6) is 0 Å². The molecule has 3 nitrogen and oxygen atoms in total. The number of rotatable bonds is 7. The van der Waals surface area contributed by atoms with Gasteiger partial charge in [-0.25, -0.2) is 0 Å². The number of nitrogens with two attached hydrogens (primary N) is 1. The first kappa shape index (κ1) is 13.4. The minimum Gasteiger partial charge on any atom is -0.356 e. The first-order valence-corrected chi connectivity index (χ1v) is 8.24. The fourth-order valence-electron chi connectivity index (χ4n) is 5.03. The van der Waals surface area contributed by atoms with Crippen molar-refractivity contribution < 1.29 is 4.79 Å². The summed E-state index contributed by atoms with van der Waals surface area (Å²) < 4.78 is 0. The largest absolute Gasteiger partial charge is 0.356 e. The van der Waals surface area contributed by atoms with Crippen LogP contribution in [0.15, 0.2) is 0 Å². The highest BCUT2D eigenvalue weighted by atomic mass is 16.2. The fraction of sp³-hybridized carbons (Fsp3) is 0.938. The summed E-state index contributed by atoms with van der Waals surface area (Å²) in [5, 5.41) is 3.22. The first-order valence-electron chi connectivity index (χ1n) is 8.24. The predicted octanol–water partition coefficient (Wildman–Crippen LogP) is 2.16. The third-order valence-electron chi connectivity index (χ3n) is 5.87. The summed E-state index contributed by atoms with van der Waals surface area (Å²) in [6, 6.07) is 0. The van der Waals surface area contributed by atoms with Crippen molar-refractivity contribution in [2.75, 3.05) is 13.1 Å². The Bertz CT molecular complexity index is 322. The second-order valence-corrected chi connectivity index (χ2v) is 6.99. The molecule has 0 saturated heterocycles. The van der Waals surface area contributed by atoms with Crippen molar-refractivity contribution in [1.82, 2.24) is 5.32 Å². The Labute approximate surface area is 116 Å². The second-order valence-electron chi connectivity index (χ2n) is 6.99. The summed E-state index contributed by atoms with van der Waals surface area (Å²) in [6.07, 6.45) is 7.60. The minimum absolute atomic E-state index is 0.352. The molecule has 0 aromatic carbocycles. The number of carbonyl (C=O) groups excluding carboxylic acids is 1. The van der Waals surface area contributed by atoms with Crippen LogP contribution in [0.2, 0.25) is 0 Å². The van der Waals surface area contributed by atoms with E-state index in [1.54, 1.807) is 0 Å². The lowest BCUT2D eigenvalue weighted by atomic mass is 9.99. The highest BCUT2D eigenvalue weighted by Crippen LogP contribution is 2.69. The molecular formula is C16H28N2O. The number of hydrogen-bond donors (Lipinski definition) is 2. The molecule has 108 valence electrons. The molecule has 0 aliphatic heterocycles. The van der Waals surface area contributed by atoms with Gasteiger partial charge in [0.15, 0.2) is 0 Å². The smallest absolute Gasteiger partial charge is 0.223 e. The lowest BCUT2D eigenvalue weighted by Gasteiger charge is -2.17. The third kappa shape index (κ3) is 2.42. The topological polar surface area (TPSA) is 55.1 Å². The van der Waals surface area contributed by atoms with Gasteiger partial charge in [0.1, 0.15) is 0 Å². The molecule has 3 rings (SSSR count). The molecule has 5 unspecified atom stereocenters. The third-order valence-corrected chi connectivity index (χ3v) is 5.87. The van der Waals surface area contributed by atoms with E-state index in [1.807, 2.05) is 0 Å². The highest BCUT2D eigenvalue weighted by molar-refractivity contribution is 5.82. The summed E-state index contributed by atoms with van der Waals surface area (Å²) in [4.78, 5) is 12.3. The maximum atomic E-state index is 12.3. The zero-order valence-electron chi connectivity index (χ0n) is 12.1. The molecule has 3 N–H and O–H groups in total. The Hall–Kier alpha value is -0.570. The molecule has 0 radical (unpaired) electrons. The molecule has 1 amide bonds. The Kier molecular flexibility index (Phi) is 3.84. The van der Waals surface area contributed by atoms with E-state index < -0.39 is 0 Å². The van der Waals surface area contributed by atoms with Crippen molar-refractivity contribution in [3.05, 3.63) is 0 Å². The van der Waals surface area contributed by atoms with E-state index in [9.17, 15) is 4.79 Å². The fourth-order valence-corrected chi connectivity index (χ4v) is 5.03. The van der Waals surface area contributed by atoms with Gasteiger partial charge in [0.05, 0.1) is 0 Å². The summed E-state index contributed by atoms with van der Waals surface area (Å²) in [5.74, 6) is 4.61. The zero-order chi connectivity index (χ0) is 13.4. The van der Waals surface area contributed by atoms with Gasteiger partial charge in [-0.3, -0.25) is 4.79 Å². The van der Waals surface area contributed by atoms with Gasteiger partial charge >= 0.3 is 0 Å². The summed E-state index contributed by atoms with van der Waals surface area (Å²) in [6.45, 7) is 3.78. The number of carbonyl (C=O) groups is 1. The Morgan fingerprint density at radius 3 is 2.53 bits per heavy atom. The highest BCUT2D eigenvalue weighted by Gasteiger charge is 2.67. The zero-order valence-corrected chi connectivity index (χ0v) is 12.1. The number of nitrogens with one attached hydrogen (secondary N) is 1. The molecule has 5 atom stereocenters. The Morgan fingerprint density at radius 1 is 1.26 bits per heavy atom. The average molecular weight is 264 g/mol. The van der Waals surface area contributed by atoms with Crippen LogP contribution in [-0.4, -0.2) is 19.0 Å². The molecule has 0 aromatic rings. The number of fused-ring (bicyclic) bond motifs is 5. The van der Waals surface area contributed by atoms with Gasteiger partial charge < -0.3 is 11.1 Å². The molecule has 3 aliphatic rings. The SMILES string of the molecule is CCCC(CCN)CNC(=O)C1C2C3CCC(C3)C12. The van der Waals surface area contributed by atoms with Gasteiger partial charge in [-0.2, -0.15) is 0 Å². The van der Waals surface area contributed by atoms with E-state index >= 15 is 0 Å². The van der Waals surface area contributed by atoms with E-state index in [1.165, 1.54) is 32.1 Å². The molecule has 0 spiro atoms. The standard InChI is InChI=1S/C16H28N2O/c1-2-3-10(6-7-17)9-18-16(19)15-13-11-4-5-12(8-11)14(13)15/h10-15H,2-9,17H2,1H3,(H,18,19). The van der Waals surface area contributed by atoms with Crippen molar-refractivity contribution in [1.29, 1.82) is 0 Å². The van der Waals surface area contributed by atoms with Crippen LogP contribution in [-0.2, 0) is 4.79 Å². The van der Waals surface area contributed by atoms with Crippen molar-refractivity contribution in [2.45, 2.75) is 45.4 Å². The van der Waals surface area contributed by atoms with E-state index in [-0.39, 0.29) is 0 Å². The quantitative estimate of drug-likeness (QED) is 0.740. The minimum atomic E-state index is 0.352. The Morgan fingerprint density at radius 2 is 1.95 bits per heavy atom. The van der Waals surface area contributed by atoms with Crippen LogP contribution >= 0.6 is 0 Å². The van der Waals surface area contributed by atoms with Crippen molar-refractivity contribution >= 4 is 5.91 Å². The van der Waals surface area contributed by atoms with E-state index in [0.29, 0.717) is 17.7 Å². The summed E-state index contributed by atoms with van der Waals surface area (Å²) >= 11 is 0. The summed E-state index contributed by atoms with van der Waals surface area (Å²) in [7, 11) is 0. The van der Waals surface area contributed by atoms with Crippen LogP contribution in [0, 0.1) is 35.5 Å². The predicted molar refractivity (Wildman–Crippen MR) is 76.4 cm³/mol. The Balaban J connectivity index is 1.45. The van der Waals surface area contributed by atoms with Crippen LogP contribution in [0.3, 0.4) is 0 Å². The molecule has 3 fully saturated rings. The van der Waals surface area contributed by atoms with Gasteiger partial charge in [0.25, 0.3) is 0 Å². The molecule has 2 bridgehead atoms. The normalized spacial score (nSPS) is 40.0. The van der Waals surface area contributed by atoms with Crippen LogP contribution < -0.4 is 11.1 Å². The first-order chi connectivity index (χ1) is 9.26. The molecular weight excluding hydrogens is 236 g/mol. The van der Waals surface area contributed by atoms with Gasteiger partial charge in [-0.05, 0) is 68.2 Å². The molecule has 3 aliphatic carbocycles. The van der Waals surface area contributed by atoms with Gasteiger partial charge in [0, 0.05) is 12.5 Å². The van der Waals surface area contributed by atoms with Crippen molar-refractivity contribution in [3.63, 3.8) is 0 Å². The number of hydrogen-bond acceptors (Lipinski definition) is 2. The summed E-state index contributed by atoms with van der Waals surface area (Å²) in [5.41, 5.74) is 5.64. The second kappa shape index (κ2) is 5.43. The van der Waals surface area contributed by atoms with E-state index in [2.05, 4.69) is 12.2 Å².